The largest absolute Gasteiger partial charge is 0.480 e. The topological polar surface area (TPSA) is 73.4 Å². The van der Waals surface area contributed by atoms with Crippen molar-refractivity contribution in [2.45, 2.75) is 26.2 Å². The van der Waals surface area contributed by atoms with E-state index in [2.05, 4.69) is 11.1 Å². The Morgan fingerprint density at radius 3 is 2.76 bits per heavy atom. The molecule has 0 radical (unpaired) electrons. The van der Waals surface area contributed by atoms with Gasteiger partial charge < -0.3 is 15.0 Å². The number of para-hydroxylation sites is 1. The van der Waals surface area contributed by atoms with E-state index in [4.69, 9.17) is 5.11 Å². The van der Waals surface area contributed by atoms with Gasteiger partial charge in [-0.1, -0.05) is 18.2 Å². The van der Waals surface area contributed by atoms with E-state index in [1.54, 1.807) is 6.92 Å². The molecule has 0 saturated carbocycles. The predicted molar refractivity (Wildman–Crippen MR) is 81.1 cm³/mol. The number of nitrogens with one attached hydrogen (secondary N) is 1. The molecule has 2 aromatic rings. The molecule has 2 N–H and O–H groups in total. The maximum Gasteiger partial charge on any atom is 0.323 e. The van der Waals surface area contributed by atoms with Crippen molar-refractivity contribution < 1.29 is 14.7 Å². The molecule has 5 heteroatoms. The fourth-order valence-electron chi connectivity index (χ4n) is 2.47. The Bertz CT molecular complexity index is 633. The molecular formula is C16H20N2O3. The van der Waals surface area contributed by atoms with Gasteiger partial charge >= 0.3 is 5.97 Å². The van der Waals surface area contributed by atoms with Crippen molar-refractivity contribution in [3.8, 4) is 0 Å². The van der Waals surface area contributed by atoms with E-state index in [0.29, 0.717) is 13.0 Å². The number of carbonyl (C=O) groups is 2. The first-order valence-electron chi connectivity index (χ1n) is 7.16. The van der Waals surface area contributed by atoms with Crippen LogP contribution in [0.2, 0.25) is 0 Å². The predicted octanol–water partition coefficient (Wildman–Crippen LogP) is 2.42. The van der Waals surface area contributed by atoms with Gasteiger partial charge in [0.1, 0.15) is 6.54 Å². The number of aryl methyl sites for hydroxylation is 1. The van der Waals surface area contributed by atoms with E-state index in [0.717, 1.165) is 18.4 Å². The highest BCUT2D eigenvalue weighted by molar-refractivity contribution is 5.83. The second-order valence-electron chi connectivity index (χ2n) is 5.01. The molecule has 0 saturated heterocycles. The van der Waals surface area contributed by atoms with Crippen molar-refractivity contribution in [1.29, 1.82) is 0 Å². The molecule has 1 amide bonds. The lowest BCUT2D eigenvalue weighted by Crippen LogP contribution is -2.35. The Balaban J connectivity index is 1.89. The van der Waals surface area contributed by atoms with Gasteiger partial charge in [0.05, 0.1) is 0 Å². The van der Waals surface area contributed by atoms with Crippen LogP contribution in [0.25, 0.3) is 10.9 Å². The third-order valence-corrected chi connectivity index (χ3v) is 3.57. The van der Waals surface area contributed by atoms with E-state index >= 15 is 0 Å². The number of carboxylic acids is 1. The summed E-state index contributed by atoms with van der Waals surface area (Å²) in [5, 5.41) is 9.94. The second kappa shape index (κ2) is 6.92. The third kappa shape index (κ3) is 3.84. The molecule has 21 heavy (non-hydrogen) atoms. The Labute approximate surface area is 123 Å². The van der Waals surface area contributed by atoms with E-state index in [-0.39, 0.29) is 12.5 Å². The van der Waals surface area contributed by atoms with Crippen LogP contribution in [0.15, 0.2) is 30.5 Å². The highest BCUT2D eigenvalue weighted by Crippen LogP contribution is 2.19. The Morgan fingerprint density at radius 2 is 2.05 bits per heavy atom. The molecule has 0 bridgehead atoms. The minimum Gasteiger partial charge on any atom is -0.480 e. The van der Waals surface area contributed by atoms with Gasteiger partial charge in [-0.15, -0.1) is 0 Å². The second-order valence-corrected chi connectivity index (χ2v) is 5.01. The first kappa shape index (κ1) is 15.1. The molecule has 1 heterocycles. The summed E-state index contributed by atoms with van der Waals surface area (Å²) in [7, 11) is 0. The van der Waals surface area contributed by atoms with E-state index < -0.39 is 5.97 Å². The van der Waals surface area contributed by atoms with Crippen LogP contribution in [0.1, 0.15) is 25.3 Å². The van der Waals surface area contributed by atoms with E-state index in [1.165, 1.54) is 15.8 Å². The van der Waals surface area contributed by atoms with Crippen LogP contribution in [0, 0.1) is 0 Å². The number of aromatic nitrogens is 1. The van der Waals surface area contributed by atoms with Crippen molar-refractivity contribution in [2.75, 3.05) is 13.1 Å². The molecule has 0 atom stereocenters. The number of fused-ring (bicyclic) bond motifs is 1. The zero-order valence-electron chi connectivity index (χ0n) is 12.1. The summed E-state index contributed by atoms with van der Waals surface area (Å²) in [4.78, 5) is 27.2. The molecular weight excluding hydrogens is 268 g/mol. The quantitative estimate of drug-likeness (QED) is 0.821. The molecule has 0 spiro atoms. The number of carbonyl (C=O) groups excluding carboxylic acids is 1. The van der Waals surface area contributed by atoms with Crippen LogP contribution in [0.5, 0.6) is 0 Å². The molecule has 2 rings (SSSR count). The van der Waals surface area contributed by atoms with Crippen LogP contribution >= 0.6 is 0 Å². The third-order valence-electron chi connectivity index (χ3n) is 3.57. The lowest BCUT2D eigenvalue weighted by molar-refractivity contribution is -0.144. The van der Waals surface area contributed by atoms with Crippen molar-refractivity contribution in [3.63, 3.8) is 0 Å². The number of nitrogens with zero attached hydrogens (tertiary/aromatic N) is 1. The summed E-state index contributed by atoms with van der Waals surface area (Å²) in [6.07, 6.45) is 3.88. The average Bonchev–Trinajstić information content (AvgIpc) is 2.88. The number of aromatic amines is 1. The van der Waals surface area contributed by atoms with Crippen LogP contribution < -0.4 is 0 Å². The lowest BCUT2D eigenvalue weighted by atomic mass is 10.1. The molecule has 112 valence electrons. The minimum absolute atomic E-state index is 0.0975. The van der Waals surface area contributed by atoms with Gasteiger partial charge in [0.25, 0.3) is 0 Å². The normalized spacial score (nSPS) is 10.7. The van der Waals surface area contributed by atoms with Crippen LogP contribution in [0.4, 0.5) is 0 Å². The fraction of sp³-hybridized carbons (Fsp3) is 0.375. The summed E-state index contributed by atoms with van der Waals surface area (Å²) >= 11 is 0. The SMILES string of the molecule is CCN(CC(=O)O)C(=O)CCCc1c[nH]c2ccccc12. The van der Waals surface area contributed by atoms with Gasteiger partial charge in [0.2, 0.25) is 5.91 Å². The summed E-state index contributed by atoms with van der Waals surface area (Å²) in [6, 6.07) is 8.06. The Hall–Kier alpha value is -2.30. The monoisotopic (exact) mass is 288 g/mol. The first-order valence-corrected chi connectivity index (χ1v) is 7.16. The lowest BCUT2D eigenvalue weighted by Gasteiger charge is -2.18. The smallest absolute Gasteiger partial charge is 0.323 e. The molecule has 0 aliphatic heterocycles. The van der Waals surface area contributed by atoms with Crippen LogP contribution in [0.3, 0.4) is 0 Å². The molecule has 1 aromatic carbocycles. The van der Waals surface area contributed by atoms with Crippen molar-refractivity contribution >= 4 is 22.8 Å². The Kier molecular flexibility index (Phi) is 4.98. The zero-order chi connectivity index (χ0) is 15.2. The van der Waals surface area contributed by atoms with Gasteiger partial charge in [-0.25, -0.2) is 0 Å². The van der Waals surface area contributed by atoms with Gasteiger partial charge in [0.15, 0.2) is 0 Å². The van der Waals surface area contributed by atoms with Gasteiger partial charge in [-0.2, -0.15) is 0 Å². The van der Waals surface area contributed by atoms with E-state index in [1.807, 2.05) is 24.4 Å². The number of hydrogen-bond acceptors (Lipinski definition) is 2. The molecule has 0 fully saturated rings. The maximum absolute atomic E-state index is 12.0. The number of carboxylic acid groups (broad SMARTS) is 1. The number of benzene rings is 1. The van der Waals surface area contributed by atoms with Crippen molar-refractivity contribution in [2.24, 2.45) is 0 Å². The summed E-state index contributed by atoms with van der Waals surface area (Å²) in [5.74, 6) is -1.07. The van der Waals surface area contributed by atoms with Gasteiger partial charge in [-0.3, -0.25) is 9.59 Å². The number of likely N-dealkylation sites (N-methyl/N-ethyl adjacent to an activating group) is 1. The molecule has 0 aliphatic rings. The first-order chi connectivity index (χ1) is 10.1. The number of rotatable bonds is 7. The van der Waals surface area contributed by atoms with Crippen molar-refractivity contribution in [1.82, 2.24) is 9.88 Å². The average molecular weight is 288 g/mol. The molecule has 5 nitrogen and oxygen atoms in total. The highest BCUT2D eigenvalue weighted by atomic mass is 16.4. The molecule has 1 aromatic heterocycles. The molecule has 0 aliphatic carbocycles. The van der Waals surface area contributed by atoms with E-state index in [9.17, 15) is 9.59 Å². The highest BCUT2D eigenvalue weighted by Gasteiger charge is 2.14. The maximum atomic E-state index is 12.0. The molecule has 0 unspecified atom stereocenters. The number of aliphatic carboxylic acids is 1. The van der Waals surface area contributed by atoms with Crippen LogP contribution in [-0.4, -0.2) is 40.0 Å². The summed E-state index contributed by atoms with van der Waals surface area (Å²) < 4.78 is 0. The number of amides is 1. The Morgan fingerprint density at radius 1 is 1.29 bits per heavy atom. The van der Waals surface area contributed by atoms with Gasteiger partial charge in [-0.05, 0) is 31.4 Å². The minimum atomic E-state index is -0.971. The summed E-state index contributed by atoms with van der Waals surface area (Å²) in [6.45, 7) is 2.00. The number of hydrogen-bond donors (Lipinski definition) is 2. The van der Waals surface area contributed by atoms with Crippen molar-refractivity contribution in [3.05, 3.63) is 36.0 Å². The van der Waals surface area contributed by atoms with Crippen LogP contribution in [-0.2, 0) is 16.0 Å². The fourth-order valence-corrected chi connectivity index (χ4v) is 2.47. The standard InChI is InChI=1S/C16H20N2O3/c1-2-18(11-16(20)21)15(19)9-5-6-12-10-17-14-8-4-3-7-13(12)14/h3-4,7-8,10,17H,2,5-6,9,11H2,1H3,(H,20,21). The zero-order valence-corrected chi connectivity index (χ0v) is 12.1. The summed E-state index contributed by atoms with van der Waals surface area (Å²) in [5.41, 5.74) is 2.29. The van der Waals surface area contributed by atoms with Gasteiger partial charge in [0, 0.05) is 30.1 Å². The number of H-pyrrole nitrogens is 1.